The fraction of sp³-hybridized carbons (Fsp3) is 0.300. The molecule has 1 aromatic rings. The monoisotopic (exact) mass is 296 g/mol. The highest BCUT2D eigenvalue weighted by Gasteiger charge is 2.13. The highest BCUT2D eigenvalue weighted by atomic mass is 79.9. The van der Waals surface area contributed by atoms with Gasteiger partial charge in [-0.1, -0.05) is 27.5 Å². The van der Waals surface area contributed by atoms with Gasteiger partial charge in [0.2, 0.25) is 0 Å². The minimum atomic E-state index is -0.904. The van der Waals surface area contributed by atoms with Crippen molar-refractivity contribution in [3.05, 3.63) is 34.4 Å². The van der Waals surface area contributed by atoms with E-state index in [1.54, 1.807) is 0 Å². The molecule has 0 heterocycles. The molecule has 0 saturated carbocycles. The molecular weight excluding hydrogens is 289 g/mol. The molecule has 15 heavy (non-hydrogen) atoms. The van der Waals surface area contributed by atoms with Gasteiger partial charge in [-0.05, 0) is 18.6 Å². The molecule has 0 aliphatic heterocycles. The number of hydrogen-bond donors (Lipinski definition) is 0. The van der Waals surface area contributed by atoms with Crippen molar-refractivity contribution in [2.24, 2.45) is 0 Å². The highest BCUT2D eigenvalue weighted by Crippen LogP contribution is 2.21. The Bertz CT molecular complexity index is 359. The van der Waals surface area contributed by atoms with Crippen molar-refractivity contribution in [3.63, 3.8) is 0 Å². The Morgan fingerprint density at radius 1 is 1.33 bits per heavy atom. The van der Waals surface area contributed by atoms with Crippen LogP contribution in [-0.2, 0) is 0 Å². The zero-order valence-electron chi connectivity index (χ0n) is 7.70. The summed E-state index contributed by atoms with van der Waals surface area (Å²) in [6, 6.07) is 1.92. The summed E-state index contributed by atoms with van der Waals surface area (Å²) >= 11 is 8.46. The van der Waals surface area contributed by atoms with Crippen molar-refractivity contribution in [1.82, 2.24) is 0 Å². The molecule has 1 nitrogen and oxygen atoms in total. The fourth-order valence-corrected chi connectivity index (χ4v) is 1.48. The first-order valence-corrected chi connectivity index (χ1v) is 5.80. The molecule has 5 heteroatoms. The molecule has 82 valence electrons. The second-order valence-corrected chi connectivity index (χ2v) is 4.14. The predicted molar refractivity (Wildman–Crippen MR) is 58.7 cm³/mol. The van der Waals surface area contributed by atoms with E-state index in [0.29, 0.717) is 11.8 Å². The lowest BCUT2D eigenvalue weighted by Crippen LogP contribution is -2.01. The molecule has 0 unspecified atom stereocenters. The average Bonchev–Trinajstić information content (AvgIpc) is 2.21. The van der Waals surface area contributed by atoms with Crippen molar-refractivity contribution >= 4 is 33.3 Å². The Labute approximate surface area is 99.6 Å². The summed E-state index contributed by atoms with van der Waals surface area (Å²) in [5.74, 6) is -2.10. The smallest absolute Gasteiger partial charge is 0.163 e. The Kier molecular flexibility index (Phi) is 4.67. The molecule has 0 bridgehead atoms. The number of benzene rings is 1. The zero-order valence-corrected chi connectivity index (χ0v) is 10.0. The van der Waals surface area contributed by atoms with Crippen LogP contribution in [0.1, 0.15) is 23.2 Å². The number of halogens is 4. The van der Waals surface area contributed by atoms with Gasteiger partial charge in [-0.2, -0.15) is 0 Å². The van der Waals surface area contributed by atoms with Gasteiger partial charge < -0.3 is 0 Å². The van der Waals surface area contributed by atoms with Gasteiger partial charge in [-0.25, -0.2) is 8.78 Å². The van der Waals surface area contributed by atoms with Gasteiger partial charge >= 0.3 is 0 Å². The Morgan fingerprint density at radius 2 is 1.87 bits per heavy atom. The quantitative estimate of drug-likeness (QED) is 0.467. The number of hydrogen-bond acceptors (Lipinski definition) is 1. The summed E-state index contributed by atoms with van der Waals surface area (Å²) in [6.45, 7) is 0. The van der Waals surface area contributed by atoms with Gasteiger partial charge in [0.1, 0.15) is 16.7 Å². The van der Waals surface area contributed by atoms with Gasteiger partial charge in [0.25, 0.3) is 0 Å². The molecule has 0 aromatic heterocycles. The summed E-state index contributed by atoms with van der Waals surface area (Å²) in [5.41, 5.74) is 0.0235. The van der Waals surface area contributed by atoms with Gasteiger partial charge in [0.05, 0.1) is 0 Å². The van der Waals surface area contributed by atoms with E-state index >= 15 is 0 Å². The van der Waals surface area contributed by atoms with Crippen molar-refractivity contribution in [2.45, 2.75) is 12.8 Å². The third-order valence-electron chi connectivity index (χ3n) is 1.84. The lowest BCUT2D eigenvalue weighted by Gasteiger charge is -2.02. The van der Waals surface area contributed by atoms with Crippen LogP contribution < -0.4 is 0 Å². The molecule has 0 N–H and O–H groups in total. The first-order valence-electron chi connectivity index (χ1n) is 4.30. The van der Waals surface area contributed by atoms with Crippen LogP contribution in [0.2, 0.25) is 5.02 Å². The summed E-state index contributed by atoms with van der Waals surface area (Å²) in [4.78, 5) is 11.4. The molecule has 1 rings (SSSR count). The fourth-order valence-electron chi connectivity index (χ4n) is 1.09. The molecule has 0 radical (unpaired) electrons. The van der Waals surface area contributed by atoms with Crippen molar-refractivity contribution < 1.29 is 13.6 Å². The van der Waals surface area contributed by atoms with Crippen LogP contribution in [-0.4, -0.2) is 11.1 Å². The van der Waals surface area contributed by atoms with E-state index in [4.69, 9.17) is 11.6 Å². The normalized spacial score (nSPS) is 10.4. The Hall–Kier alpha value is -0.480. The molecule has 0 saturated heterocycles. The first-order chi connectivity index (χ1) is 7.06. The molecule has 0 aliphatic rings. The molecule has 0 spiro atoms. The minimum absolute atomic E-state index is 0.0235. The number of carbonyl (C=O) groups is 1. The summed E-state index contributed by atoms with van der Waals surface area (Å²) in [7, 11) is 0. The predicted octanol–water partition coefficient (Wildman–Crippen LogP) is 3.98. The SMILES string of the molecule is O=C(CCCBr)c1cc(F)c(Cl)c(F)c1. The lowest BCUT2D eigenvalue weighted by molar-refractivity contribution is 0.0981. The van der Waals surface area contributed by atoms with E-state index in [1.807, 2.05) is 0 Å². The number of carbonyl (C=O) groups excluding carboxylic acids is 1. The molecule has 0 atom stereocenters. The molecule has 0 amide bonds. The van der Waals surface area contributed by atoms with Gasteiger partial charge in [0, 0.05) is 17.3 Å². The minimum Gasteiger partial charge on any atom is -0.294 e. The van der Waals surface area contributed by atoms with E-state index in [-0.39, 0.29) is 17.8 Å². The zero-order chi connectivity index (χ0) is 11.4. The van der Waals surface area contributed by atoms with Crippen molar-refractivity contribution in [3.8, 4) is 0 Å². The molecule has 1 aromatic carbocycles. The van der Waals surface area contributed by atoms with Gasteiger partial charge in [-0.15, -0.1) is 0 Å². The third-order valence-corrected chi connectivity index (χ3v) is 2.77. The Balaban J connectivity index is 2.91. The van der Waals surface area contributed by atoms with Crippen LogP contribution >= 0.6 is 27.5 Å². The van der Waals surface area contributed by atoms with Crippen molar-refractivity contribution in [2.75, 3.05) is 5.33 Å². The number of rotatable bonds is 4. The first kappa shape index (κ1) is 12.6. The van der Waals surface area contributed by atoms with Crippen LogP contribution in [0.4, 0.5) is 8.78 Å². The molecule has 0 aliphatic carbocycles. The van der Waals surface area contributed by atoms with Gasteiger partial charge in [0.15, 0.2) is 5.78 Å². The largest absolute Gasteiger partial charge is 0.294 e. The van der Waals surface area contributed by atoms with Crippen molar-refractivity contribution in [1.29, 1.82) is 0 Å². The van der Waals surface area contributed by atoms with E-state index in [9.17, 15) is 13.6 Å². The molecule has 0 fully saturated rings. The third kappa shape index (κ3) is 3.24. The van der Waals surface area contributed by atoms with Crippen LogP contribution in [0.25, 0.3) is 0 Å². The summed E-state index contributed by atoms with van der Waals surface area (Å²) in [5, 5.41) is 0.101. The van der Waals surface area contributed by atoms with Gasteiger partial charge in [-0.3, -0.25) is 4.79 Å². The maximum absolute atomic E-state index is 13.0. The van der Waals surface area contributed by atoms with E-state index in [2.05, 4.69) is 15.9 Å². The van der Waals surface area contributed by atoms with E-state index in [0.717, 1.165) is 12.1 Å². The maximum Gasteiger partial charge on any atom is 0.163 e. The standard InChI is InChI=1S/C10H8BrClF2O/c11-3-1-2-9(15)6-4-7(13)10(12)8(14)5-6/h4-5H,1-3H2. The van der Waals surface area contributed by atoms with Crippen LogP contribution in [0.15, 0.2) is 12.1 Å². The maximum atomic E-state index is 13.0. The summed E-state index contributed by atoms with van der Waals surface area (Å²) < 4.78 is 26.0. The van der Waals surface area contributed by atoms with Crippen LogP contribution in [0.3, 0.4) is 0 Å². The molecular formula is C10H8BrClF2O. The second-order valence-electron chi connectivity index (χ2n) is 2.97. The van der Waals surface area contributed by atoms with Crippen LogP contribution in [0.5, 0.6) is 0 Å². The highest BCUT2D eigenvalue weighted by molar-refractivity contribution is 9.09. The lowest BCUT2D eigenvalue weighted by atomic mass is 10.1. The Morgan fingerprint density at radius 3 is 2.33 bits per heavy atom. The van der Waals surface area contributed by atoms with Crippen LogP contribution in [0, 0.1) is 11.6 Å². The number of ketones is 1. The number of alkyl halides is 1. The van der Waals surface area contributed by atoms with E-state index < -0.39 is 16.7 Å². The van der Waals surface area contributed by atoms with E-state index in [1.165, 1.54) is 0 Å². The summed E-state index contributed by atoms with van der Waals surface area (Å²) in [6.07, 6.45) is 0.885. The second kappa shape index (κ2) is 5.56. The number of Topliss-reactive ketones (excluding diaryl/α,β-unsaturated/α-hetero) is 1. The average molecular weight is 298 g/mol. The topological polar surface area (TPSA) is 17.1 Å².